The lowest BCUT2D eigenvalue weighted by Gasteiger charge is -2.10. The quantitative estimate of drug-likeness (QED) is 0.786. The molecule has 19 heavy (non-hydrogen) atoms. The number of halogens is 2. The summed E-state index contributed by atoms with van der Waals surface area (Å²) in [7, 11) is -3.61. The molecule has 8 heteroatoms. The van der Waals surface area contributed by atoms with Crippen molar-refractivity contribution < 1.29 is 8.42 Å². The maximum Gasteiger partial charge on any atom is 0.263 e. The van der Waals surface area contributed by atoms with Gasteiger partial charge in [-0.25, -0.2) is 8.42 Å². The summed E-state index contributed by atoms with van der Waals surface area (Å²) in [6, 6.07) is 6.78. The third kappa shape index (κ3) is 3.38. The zero-order valence-corrected chi connectivity index (χ0v) is 14.4. The van der Waals surface area contributed by atoms with Crippen LogP contribution in [0.1, 0.15) is 4.88 Å². The molecule has 0 aliphatic carbocycles. The number of sulfonamides is 1. The van der Waals surface area contributed by atoms with E-state index >= 15 is 0 Å². The van der Waals surface area contributed by atoms with E-state index in [0.29, 0.717) is 15.0 Å². The Kier molecular flexibility index (Phi) is 4.67. The third-order valence-corrected chi connectivity index (χ3v) is 6.03. The van der Waals surface area contributed by atoms with Gasteiger partial charge in [0.1, 0.15) is 4.90 Å². The highest BCUT2D eigenvalue weighted by Gasteiger charge is 2.20. The van der Waals surface area contributed by atoms with E-state index in [1.807, 2.05) is 0 Å². The summed E-state index contributed by atoms with van der Waals surface area (Å²) in [5.41, 5.74) is 6.02. The molecule has 2 aromatic rings. The van der Waals surface area contributed by atoms with E-state index in [1.54, 1.807) is 29.6 Å². The fourth-order valence-electron chi connectivity index (χ4n) is 1.49. The Morgan fingerprint density at radius 2 is 2.00 bits per heavy atom. The van der Waals surface area contributed by atoms with Crippen LogP contribution in [0.4, 0.5) is 5.69 Å². The zero-order chi connectivity index (χ0) is 14.0. The smallest absolute Gasteiger partial charge is 0.263 e. The van der Waals surface area contributed by atoms with Crippen molar-refractivity contribution in [1.82, 2.24) is 0 Å². The van der Waals surface area contributed by atoms with E-state index in [1.165, 1.54) is 11.3 Å². The van der Waals surface area contributed by atoms with Crippen molar-refractivity contribution in [2.24, 2.45) is 5.73 Å². The van der Waals surface area contributed by atoms with Gasteiger partial charge in [-0.2, -0.15) is 0 Å². The molecule has 0 saturated carbocycles. The molecule has 1 heterocycles. The Hall–Kier alpha value is -0.410. The molecule has 0 atom stereocenters. The van der Waals surface area contributed by atoms with E-state index in [9.17, 15) is 8.42 Å². The highest BCUT2D eigenvalue weighted by molar-refractivity contribution is 9.11. The van der Waals surface area contributed by atoms with Gasteiger partial charge in [-0.15, -0.1) is 11.3 Å². The van der Waals surface area contributed by atoms with Crippen molar-refractivity contribution in [2.45, 2.75) is 11.4 Å². The molecule has 0 aliphatic rings. The summed E-state index contributed by atoms with van der Waals surface area (Å²) >= 11 is 7.97. The number of nitrogens with one attached hydrogen (secondary N) is 1. The molecule has 1 aromatic heterocycles. The van der Waals surface area contributed by atoms with Crippen molar-refractivity contribution in [3.63, 3.8) is 0 Å². The van der Waals surface area contributed by atoms with Gasteiger partial charge in [-0.3, -0.25) is 4.72 Å². The molecule has 0 fully saturated rings. The molecule has 3 N–H and O–H groups in total. The maximum absolute atomic E-state index is 12.3. The molecule has 1 aromatic carbocycles. The minimum absolute atomic E-state index is 0.204. The second-order valence-electron chi connectivity index (χ2n) is 3.64. The van der Waals surface area contributed by atoms with Crippen molar-refractivity contribution in [3.05, 3.63) is 43.5 Å². The Labute approximate surface area is 132 Å². The normalized spacial score (nSPS) is 11.5. The van der Waals surface area contributed by atoms with Gasteiger partial charge < -0.3 is 5.73 Å². The van der Waals surface area contributed by atoms with Crippen LogP contribution in [0.3, 0.4) is 0 Å². The highest BCUT2D eigenvalue weighted by Crippen LogP contribution is 2.29. The molecule has 4 nitrogen and oxygen atoms in total. The Balaban J connectivity index is 2.37. The number of benzene rings is 1. The van der Waals surface area contributed by atoms with E-state index in [0.717, 1.165) is 4.47 Å². The van der Waals surface area contributed by atoms with Crippen LogP contribution in [0.25, 0.3) is 0 Å². The third-order valence-electron chi connectivity index (χ3n) is 2.35. The number of hydrogen-bond acceptors (Lipinski definition) is 4. The largest absolute Gasteiger partial charge is 0.326 e. The van der Waals surface area contributed by atoms with Crippen LogP contribution in [0.15, 0.2) is 43.5 Å². The van der Waals surface area contributed by atoms with Crippen molar-refractivity contribution in [2.75, 3.05) is 4.72 Å². The number of rotatable bonds is 4. The monoisotopic (exact) mass is 424 g/mol. The molecule has 2 rings (SSSR count). The first kappa shape index (κ1) is 15.0. The predicted octanol–water partition coefficient (Wildman–Crippen LogP) is 3.53. The molecular formula is C11H10Br2N2O2S2. The fourth-order valence-corrected chi connectivity index (χ4v) is 5.18. The summed E-state index contributed by atoms with van der Waals surface area (Å²) in [5.74, 6) is 0. The van der Waals surface area contributed by atoms with Crippen LogP contribution in [0.2, 0.25) is 0 Å². The van der Waals surface area contributed by atoms with Crippen LogP contribution in [-0.2, 0) is 16.6 Å². The van der Waals surface area contributed by atoms with Crippen LogP contribution >= 0.6 is 43.2 Å². The Bertz CT molecular complexity index is 698. The minimum Gasteiger partial charge on any atom is -0.326 e. The molecular weight excluding hydrogens is 416 g/mol. The summed E-state index contributed by atoms with van der Waals surface area (Å²) in [6.45, 7) is 0.204. The lowest BCUT2D eigenvalue weighted by atomic mass is 10.3. The summed E-state index contributed by atoms with van der Waals surface area (Å²) in [4.78, 5) is 0.871. The molecule has 0 spiro atoms. The average molecular weight is 426 g/mol. The summed E-state index contributed by atoms with van der Waals surface area (Å²) in [6.07, 6.45) is 0. The Morgan fingerprint density at radius 1 is 1.26 bits per heavy atom. The highest BCUT2D eigenvalue weighted by atomic mass is 79.9. The van der Waals surface area contributed by atoms with E-state index in [2.05, 4.69) is 36.6 Å². The average Bonchev–Trinajstić information content (AvgIpc) is 2.82. The maximum atomic E-state index is 12.3. The SMILES string of the molecule is NCc1sccc1S(=O)(=O)Nc1ccc(Br)cc1Br. The summed E-state index contributed by atoms with van der Waals surface area (Å²) in [5, 5.41) is 1.72. The van der Waals surface area contributed by atoms with Crippen molar-refractivity contribution in [3.8, 4) is 0 Å². The van der Waals surface area contributed by atoms with Crippen molar-refractivity contribution in [1.29, 1.82) is 0 Å². The molecule has 0 saturated heterocycles. The predicted molar refractivity (Wildman–Crippen MR) is 84.9 cm³/mol. The van der Waals surface area contributed by atoms with E-state index in [4.69, 9.17) is 5.73 Å². The van der Waals surface area contributed by atoms with Gasteiger partial charge in [0.25, 0.3) is 10.0 Å². The van der Waals surface area contributed by atoms with Crippen LogP contribution in [0.5, 0.6) is 0 Å². The van der Waals surface area contributed by atoms with Gasteiger partial charge in [0, 0.05) is 20.4 Å². The van der Waals surface area contributed by atoms with Gasteiger partial charge in [0.05, 0.1) is 5.69 Å². The van der Waals surface area contributed by atoms with Crippen LogP contribution < -0.4 is 10.5 Å². The van der Waals surface area contributed by atoms with Gasteiger partial charge >= 0.3 is 0 Å². The zero-order valence-electron chi connectivity index (χ0n) is 9.56. The van der Waals surface area contributed by atoms with Gasteiger partial charge in [0.15, 0.2) is 0 Å². The van der Waals surface area contributed by atoms with Gasteiger partial charge in [-0.1, -0.05) is 15.9 Å². The number of anilines is 1. The molecule has 0 radical (unpaired) electrons. The number of nitrogens with two attached hydrogens (primary N) is 1. The lowest BCUT2D eigenvalue weighted by molar-refractivity contribution is 0.600. The first-order valence-electron chi connectivity index (χ1n) is 5.18. The second-order valence-corrected chi connectivity index (χ2v) is 8.06. The lowest BCUT2D eigenvalue weighted by Crippen LogP contribution is -2.15. The summed E-state index contributed by atoms with van der Waals surface area (Å²) < 4.78 is 28.6. The molecule has 0 amide bonds. The number of thiophene rings is 1. The van der Waals surface area contributed by atoms with Crippen LogP contribution in [-0.4, -0.2) is 8.42 Å². The Morgan fingerprint density at radius 3 is 2.63 bits per heavy atom. The van der Waals surface area contributed by atoms with E-state index < -0.39 is 10.0 Å². The van der Waals surface area contributed by atoms with E-state index in [-0.39, 0.29) is 11.4 Å². The fraction of sp³-hybridized carbons (Fsp3) is 0.0909. The standard InChI is InChI=1S/C11H10Br2N2O2S2/c12-7-1-2-9(8(13)5-7)15-19(16,17)11-3-4-18-10(11)6-14/h1-5,15H,6,14H2. The number of hydrogen-bond donors (Lipinski definition) is 2. The molecule has 0 bridgehead atoms. The second kappa shape index (κ2) is 5.92. The van der Waals surface area contributed by atoms with Crippen LogP contribution in [0, 0.1) is 0 Å². The molecule has 0 aliphatic heterocycles. The van der Waals surface area contributed by atoms with Crippen molar-refractivity contribution >= 4 is 58.9 Å². The topological polar surface area (TPSA) is 72.2 Å². The first-order chi connectivity index (χ1) is 8.94. The molecule has 102 valence electrons. The first-order valence-corrected chi connectivity index (χ1v) is 9.13. The van der Waals surface area contributed by atoms with Gasteiger partial charge in [-0.05, 0) is 45.6 Å². The minimum atomic E-state index is -3.61. The van der Waals surface area contributed by atoms with Gasteiger partial charge in [0.2, 0.25) is 0 Å². The molecule has 0 unspecified atom stereocenters.